The fourth-order valence-electron chi connectivity index (χ4n) is 0.509. The maximum absolute atomic E-state index is 4.13. The smallest absolute Gasteiger partial charge is 0.0149 e. The van der Waals surface area contributed by atoms with E-state index in [0.29, 0.717) is 0 Å². The molecule has 0 aliphatic heterocycles. The molecule has 0 unspecified atom stereocenters. The summed E-state index contributed by atoms with van der Waals surface area (Å²) < 4.78 is 0. The predicted octanol–water partition coefficient (Wildman–Crippen LogP) is 1.77. The van der Waals surface area contributed by atoms with Crippen LogP contribution in [0.4, 0.5) is 0 Å². The van der Waals surface area contributed by atoms with Crippen molar-refractivity contribution in [2.45, 2.75) is 0 Å². The highest BCUT2D eigenvalue weighted by molar-refractivity contribution is 7.99. The third kappa shape index (κ3) is 8.30. The third-order valence-corrected chi connectivity index (χ3v) is 2.74. The Morgan fingerprint density at radius 1 is 1.55 bits per heavy atom. The van der Waals surface area contributed by atoms with Gasteiger partial charge in [0.15, 0.2) is 0 Å². The normalized spacial score (nSPS) is 10.5. The van der Waals surface area contributed by atoms with Crippen molar-refractivity contribution in [1.82, 2.24) is 4.90 Å². The van der Waals surface area contributed by atoms with Crippen LogP contribution in [0.25, 0.3) is 0 Å². The summed E-state index contributed by atoms with van der Waals surface area (Å²) in [7, 11) is 4.18. The van der Waals surface area contributed by atoms with E-state index in [1.165, 1.54) is 11.3 Å². The van der Waals surface area contributed by atoms with Gasteiger partial charge in [-0.3, -0.25) is 0 Å². The number of hydrogen-bond acceptors (Lipinski definition) is 3. The summed E-state index contributed by atoms with van der Waals surface area (Å²) in [4.78, 5) is 2.19. The molecule has 0 heterocycles. The molecule has 1 nitrogen and oxygen atoms in total. The van der Waals surface area contributed by atoms with E-state index in [1.807, 2.05) is 11.8 Å². The minimum Gasteiger partial charge on any atom is -0.309 e. The van der Waals surface area contributed by atoms with Crippen molar-refractivity contribution >= 4 is 24.4 Å². The second kappa shape index (κ2) is 7.07. The molecule has 3 heteroatoms. The Bertz CT molecular complexity index is 113. The number of thioether (sulfide) groups is 1. The summed E-state index contributed by atoms with van der Waals surface area (Å²) in [5, 5.41) is 0. The first-order valence-corrected chi connectivity index (χ1v) is 5.45. The fraction of sp³-hybridized carbons (Fsp3) is 0.750. The van der Waals surface area contributed by atoms with Crippen molar-refractivity contribution in [3.05, 3.63) is 12.2 Å². The molecule has 0 fully saturated rings. The van der Waals surface area contributed by atoms with Gasteiger partial charge in [0.2, 0.25) is 0 Å². The standard InChI is InChI=1S/C8H17NS2/c1-8(6-10)7-11-5-4-9(2)3/h10H,1,4-7H2,2-3H3. The molecule has 0 aliphatic rings. The van der Waals surface area contributed by atoms with E-state index in [2.05, 4.69) is 38.2 Å². The fourth-order valence-corrected chi connectivity index (χ4v) is 1.80. The van der Waals surface area contributed by atoms with Crippen LogP contribution >= 0.6 is 24.4 Å². The number of thiol groups is 1. The molecule has 0 saturated carbocycles. The molecule has 11 heavy (non-hydrogen) atoms. The molecule has 0 bridgehead atoms. The van der Waals surface area contributed by atoms with Gasteiger partial charge in [0, 0.05) is 23.8 Å². The van der Waals surface area contributed by atoms with Gasteiger partial charge in [-0.25, -0.2) is 0 Å². The Morgan fingerprint density at radius 2 is 2.18 bits per heavy atom. The zero-order valence-corrected chi connectivity index (χ0v) is 9.05. The SMILES string of the molecule is C=C(CS)CSCCN(C)C. The Kier molecular flexibility index (Phi) is 7.33. The zero-order chi connectivity index (χ0) is 8.69. The van der Waals surface area contributed by atoms with Crippen LogP contribution in [0, 0.1) is 0 Å². The monoisotopic (exact) mass is 191 g/mol. The van der Waals surface area contributed by atoms with Crippen molar-refractivity contribution < 1.29 is 0 Å². The van der Waals surface area contributed by atoms with Gasteiger partial charge in [-0.15, -0.1) is 0 Å². The van der Waals surface area contributed by atoms with E-state index in [9.17, 15) is 0 Å². The molecule has 0 rings (SSSR count). The Morgan fingerprint density at radius 3 is 2.64 bits per heavy atom. The van der Waals surface area contributed by atoms with E-state index in [-0.39, 0.29) is 0 Å². The lowest BCUT2D eigenvalue weighted by atomic mass is 10.4. The van der Waals surface area contributed by atoms with Crippen molar-refractivity contribution in [2.24, 2.45) is 0 Å². The van der Waals surface area contributed by atoms with Gasteiger partial charge in [0.1, 0.15) is 0 Å². The first-order valence-electron chi connectivity index (χ1n) is 3.66. The number of rotatable bonds is 6. The molecule has 0 aromatic rings. The van der Waals surface area contributed by atoms with Gasteiger partial charge < -0.3 is 4.90 Å². The summed E-state index contributed by atoms with van der Waals surface area (Å²) in [5.41, 5.74) is 1.22. The largest absolute Gasteiger partial charge is 0.309 e. The first kappa shape index (κ1) is 11.4. The average molecular weight is 191 g/mol. The van der Waals surface area contributed by atoms with Crippen LogP contribution in [0.1, 0.15) is 0 Å². The summed E-state index contributed by atoms with van der Waals surface area (Å²) in [5.74, 6) is 3.05. The zero-order valence-electron chi connectivity index (χ0n) is 7.34. The molecule has 0 N–H and O–H groups in total. The van der Waals surface area contributed by atoms with Crippen molar-refractivity contribution in [3.63, 3.8) is 0 Å². The van der Waals surface area contributed by atoms with Crippen LogP contribution in [-0.2, 0) is 0 Å². The van der Waals surface area contributed by atoms with E-state index in [1.54, 1.807) is 0 Å². The van der Waals surface area contributed by atoms with E-state index >= 15 is 0 Å². The van der Waals surface area contributed by atoms with Crippen molar-refractivity contribution in [3.8, 4) is 0 Å². The quantitative estimate of drug-likeness (QED) is 0.387. The second-order valence-electron chi connectivity index (χ2n) is 2.76. The predicted molar refractivity (Wildman–Crippen MR) is 58.9 cm³/mol. The van der Waals surface area contributed by atoms with E-state index < -0.39 is 0 Å². The molecule has 0 amide bonds. The molecule has 0 spiro atoms. The highest BCUT2D eigenvalue weighted by atomic mass is 32.2. The molecule has 0 aromatic carbocycles. The maximum Gasteiger partial charge on any atom is 0.0149 e. The number of nitrogens with zero attached hydrogens (tertiary/aromatic N) is 1. The van der Waals surface area contributed by atoms with Crippen LogP contribution in [0.2, 0.25) is 0 Å². The van der Waals surface area contributed by atoms with Gasteiger partial charge in [0.25, 0.3) is 0 Å². The molecule has 0 aromatic heterocycles. The molecule has 0 atom stereocenters. The topological polar surface area (TPSA) is 3.24 Å². The molecule has 0 aliphatic carbocycles. The van der Waals surface area contributed by atoms with Crippen LogP contribution < -0.4 is 0 Å². The molecule has 0 saturated heterocycles. The minimum atomic E-state index is 0.814. The van der Waals surface area contributed by atoms with Crippen LogP contribution in [0.5, 0.6) is 0 Å². The van der Waals surface area contributed by atoms with E-state index in [0.717, 1.165) is 18.1 Å². The van der Waals surface area contributed by atoms with Crippen LogP contribution in [0.15, 0.2) is 12.2 Å². The highest BCUT2D eigenvalue weighted by Gasteiger charge is 1.93. The molecule has 66 valence electrons. The van der Waals surface area contributed by atoms with Crippen LogP contribution in [-0.4, -0.2) is 42.8 Å². The lowest BCUT2D eigenvalue weighted by molar-refractivity contribution is 0.437. The molecular weight excluding hydrogens is 174 g/mol. The Hall–Kier alpha value is 0.400. The van der Waals surface area contributed by atoms with E-state index in [4.69, 9.17) is 0 Å². The number of hydrogen-bond donors (Lipinski definition) is 1. The van der Waals surface area contributed by atoms with Gasteiger partial charge in [-0.2, -0.15) is 24.4 Å². The Balaban J connectivity index is 3.08. The van der Waals surface area contributed by atoms with Gasteiger partial charge in [-0.1, -0.05) is 12.2 Å². The summed E-state index contributed by atoms with van der Waals surface area (Å²) >= 11 is 6.06. The second-order valence-corrected chi connectivity index (χ2v) is 4.19. The van der Waals surface area contributed by atoms with Crippen molar-refractivity contribution in [2.75, 3.05) is 37.9 Å². The summed E-state index contributed by atoms with van der Waals surface area (Å²) in [6.45, 7) is 5.02. The van der Waals surface area contributed by atoms with Crippen molar-refractivity contribution in [1.29, 1.82) is 0 Å². The lowest BCUT2D eigenvalue weighted by Gasteiger charge is -2.08. The highest BCUT2D eigenvalue weighted by Crippen LogP contribution is 2.06. The lowest BCUT2D eigenvalue weighted by Crippen LogP contribution is -2.15. The molecule has 0 radical (unpaired) electrons. The summed E-state index contributed by atoms with van der Waals surface area (Å²) in [6, 6.07) is 0. The molecular formula is C8H17NS2. The van der Waals surface area contributed by atoms with Gasteiger partial charge in [0.05, 0.1) is 0 Å². The Labute approximate surface area is 79.6 Å². The third-order valence-electron chi connectivity index (χ3n) is 1.21. The van der Waals surface area contributed by atoms with Gasteiger partial charge in [-0.05, 0) is 14.1 Å². The average Bonchev–Trinajstić information content (AvgIpc) is 1.97. The van der Waals surface area contributed by atoms with Gasteiger partial charge >= 0.3 is 0 Å². The summed E-state index contributed by atoms with van der Waals surface area (Å²) in [6.07, 6.45) is 0. The maximum atomic E-state index is 4.13. The first-order chi connectivity index (χ1) is 5.16. The minimum absolute atomic E-state index is 0.814. The van der Waals surface area contributed by atoms with Crippen LogP contribution in [0.3, 0.4) is 0 Å².